The van der Waals surface area contributed by atoms with Crippen LogP contribution in [0.3, 0.4) is 0 Å². The van der Waals surface area contributed by atoms with Crippen LogP contribution in [0.15, 0.2) is 52.0 Å². The van der Waals surface area contributed by atoms with Crippen molar-refractivity contribution in [3.63, 3.8) is 0 Å². The summed E-state index contributed by atoms with van der Waals surface area (Å²) in [5, 5.41) is 11.0. The number of hydrogen-bond acceptors (Lipinski definition) is 3. The maximum absolute atomic E-state index is 12.5. The Morgan fingerprint density at radius 3 is 2.63 bits per heavy atom. The smallest absolute Gasteiger partial charge is 0.283 e. The highest BCUT2D eigenvalue weighted by molar-refractivity contribution is 8.16. The molecule has 1 aromatic heterocycles. The number of para-hydroxylation sites is 1. The van der Waals surface area contributed by atoms with Gasteiger partial charge in [0.2, 0.25) is 0 Å². The van der Waals surface area contributed by atoms with Gasteiger partial charge in [-0.3, -0.25) is 15.1 Å². The minimum atomic E-state index is -0.359. The molecular formula is C21H20N4OS. The average Bonchev–Trinajstić information content (AvgIpc) is 3.12. The zero-order chi connectivity index (χ0) is 19.3. The van der Waals surface area contributed by atoms with Gasteiger partial charge in [-0.15, -0.1) is 0 Å². The van der Waals surface area contributed by atoms with Gasteiger partial charge in [0.25, 0.3) is 5.91 Å². The van der Waals surface area contributed by atoms with Crippen LogP contribution in [0.1, 0.15) is 29.4 Å². The summed E-state index contributed by atoms with van der Waals surface area (Å²) in [6, 6.07) is 10.3. The molecule has 0 fully saturated rings. The third kappa shape index (κ3) is 2.77. The second kappa shape index (κ2) is 6.39. The second-order valence-electron chi connectivity index (χ2n) is 6.77. The normalized spacial score (nSPS) is 18.1. The molecule has 136 valence electrons. The highest BCUT2D eigenvalue weighted by Crippen LogP contribution is 2.32. The number of nitrogens with one attached hydrogen (secondary N) is 1. The summed E-state index contributed by atoms with van der Waals surface area (Å²) >= 11 is 1.38. The van der Waals surface area contributed by atoms with Crippen molar-refractivity contribution >= 4 is 34.7 Å². The largest absolute Gasteiger partial charge is 0.318 e. The van der Waals surface area contributed by atoms with E-state index >= 15 is 0 Å². The van der Waals surface area contributed by atoms with Crippen LogP contribution in [0.4, 0.5) is 0 Å². The van der Waals surface area contributed by atoms with Crippen LogP contribution in [0.2, 0.25) is 0 Å². The van der Waals surface area contributed by atoms with Crippen LogP contribution in [0.5, 0.6) is 0 Å². The van der Waals surface area contributed by atoms with Gasteiger partial charge >= 0.3 is 0 Å². The van der Waals surface area contributed by atoms with Gasteiger partial charge in [-0.2, -0.15) is 4.99 Å². The number of aromatic nitrogens is 1. The van der Waals surface area contributed by atoms with Gasteiger partial charge in [0, 0.05) is 22.8 Å². The molecule has 5 nitrogen and oxygen atoms in total. The molecule has 0 spiro atoms. The number of amidine groups is 2. The summed E-state index contributed by atoms with van der Waals surface area (Å²) < 4.78 is 2.18. The van der Waals surface area contributed by atoms with E-state index in [-0.39, 0.29) is 11.7 Å². The number of rotatable bonds is 2. The number of nitrogens with zero attached hydrogens (tertiary/aromatic N) is 3. The Labute approximate surface area is 162 Å². The van der Waals surface area contributed by atoms with E-state index in [1.807, 2.05) is 31.4 Å². The summed E-state index contributed by atoms with van der Waals surface area (Å²) in [6.07, 6.45) is 1.79. The molecule has 2 aromatic rings. The van der Waals surface area contributed by atoms with Crippen molar-refractivity contribution in [2.45, 2.75) is 27.7 Å². The monoisotopic (exact) mass is 376 g/mol. The lowest BCUT2D eigenvalue weighted by Crippen LogP contribution is -2.37. The summed E-state index contributed by atoms with van der Waals surface area (Å²) in [6.45, 7) is 8.09. The zero-order valence-electron chi connectivity index (χ0n) is 15.7. The Bertz CT molecular complexity index is 1090. The highest BCUT2D eigenvalue weighted by atomic mass is 32.2. The van der Waals surface area contributed by atoms with Gasteiger partial charge in [-0.05, 0) is 62.4 Å². The number of hydrogen-bond donors (Lipinski definition) is 1. The number of aryl methyl sites for hydroxylation is 2. The first-order valence-electron chi connectivity index (χ1n) is 8.70. The third-order valence-corrected chi connectivity index (χ3v) is 5.86. The predicted octanol–water partition coefficient (Wildman–Crippen LogP) is 4.57. The van der Waals surface area contributed by atoms with E-state index in [4.69, 9.17) is 5.41 Å². The van der Waals surface area contributed by atoms with Crippen LogP contribution in [0.25, 0.3) is 11.8 Å². The van der Waals surface area contributed by atoms with Crippen molar-refractivity contribution < 1.29 is 4.79 Å². The number of fused-ring (bicyclic) bond motifs is 1. The molecule has 0 unspecified atom stereocenters. The molecule has 1 N–H and O–H groups in total. The Morgan fingerprint density at radius 1 is 1.15 bits per heavy atom. The van der Waals surface area contributed by atoms with E-state index in [9.17, 15) is 4.79 Å². The lowest BCUT2D eigenvalue weighted by molar-refractivity contribution is -0.114. The van der Waals surface area contributed by atoms with Gasteiger partial charge in [-0.25, -0.2) is 0 Å². The number of allylic oxidation sites excluding steroid dienone is 1. The number of aliphatic imine (C=N–C) groups is 1. The Balaban J connectivity index is 1.81. The number of benzene rings is 1. The van der Waals surface area contributed by atoms with Crippen LogP contribution in [-0.2, 0) is 4.79 Å². The molecule has 0 atom stereocenters. The van der Waals surface area contributed by atoms with E-state index < -0.39 is 0 Å². The minimum absolute atomic E-state index is 0.185. The van der Waals surface area contributed by atoms with Crippen LogP contribution in [0, 0.1) is 26.2 Å². The van der Waals surface area contributed by atoms with E-state index in [2.05, 4.69) is 41.6 Å². The van der Waals surface area contributed by atoms with Gasteiger partial charge in [0.1, 0.15) is 5.84 Å². The van der Waals surface area contributed by atoms with Gasteiger partial charge in [0.15, 0.2) is 5.17 Å². The standard InChI is InChI=1S/C21H20N4OS/c1-12-7-5-6-8-18(12)24-13(2)9-16(15(24)4)10-17-19(22)25-14(3)11-27-21(25)23-20(17)26/h5-11,22H,1-4H3. The van der Waals surface area contributed by atoms with E-state index in [1.165, 1.54) is 17.3 Å². The van der Waals surface area contributed by atoms with Crippen molar-refractivity contribution in [2.24, 2.45) is 4.99 Å². The highest BCUT2D eigenvalue weighted by Gasteiger charge is 2.34. The summed E-state index contributed by atoms with van der Waals surface area (Å²) in [5.74, 6) is -0.174. The Kier molecular flexibility index (Phi) is 4.15. The topological polar surface area (TPSA) is 61.5 Å². The fourth-order valence-corrected chi connectivity index (χ4v) is 4.37. The molecule has 0 radical (unpaired) electrons. The molecule has 0 aliphatic carbocycles. The molecule has 27 heavy (non-hydrogen) atoms. The van der Waals surface area contributed by atoms with Crippen LogP contribution >= 0.6 is 11.8 Å². The van der Waals surface area contributed by atoms with E-state index in [1.54, 1.807) is 11.0 Å². The van der Waals surface area contributed by atoms with Crippen molar-refractivity contribution in [1.82, 2.24) is 9.47 Å². The van der Waals surface area contributed by atoms with Crippen molar-refractivity contribution in [3.05, 3.63) is 69.5 Å². The van der Waals surface area contributed by atoms with Crippen molar-refractivity contribution in [1.29, 1.82) is 5.41 Å². The van der Waals surface area contributed by atoms with Crippen LogP contribution in [-0.4, -0.2) is 26.4 Å². The second-order valence-corrected chi connectivity index (χ2v) is 7.60. The maximum atomic E-state index is 12.5. The average molecular weight is 376 g/mol. The minimum Gasteiger partial charge on any atom is -0.318 e. The fourth-order valence-electron chi connectivity index (χ4n) is 3.52. The number of carbonyl (C=O) groups excluding carboxylic acids is 1. The molecule has 0 saturated carbocycles. The lowest BCUT2D eigenvalue weighted by Gasteiger charge is -2.25. The number of amides is 1. The first-order chi connectivity index (χ1) is 12.9. The molecule has 2 aliphatic rings. The Hall–Kier alpha value is -2.86. The maximum Gasteiger partial charge on any atom is 0.283 e. The summed E-state index contributed by atoms with van der Waals surface area (Å²) in [5.41, 5.74) is 6.58. The molecular weight excluding hydrogens is 356 g/mol. The van der Waals surface area contributed by atoms with E-state index in [0.717, 1.165) is 28.3 Å². The van der Waals surface area contributed by atoms with Gasteiger partial charge in [0.05, 0.1) is 5.57 Å². The Morgan fingerprint density at radius 2 is 1.89 bits per heavy atom. The molecule has 3 heterocycles. The molecule has 6 heteroatoms. The first kappa shape index (κ1) is 17.5. The van der Waals surface area contributed by atoms with Crippen LogP contribution < -0.4 is 0 Å². The molecule has 0 bridgehead atoms. The molecule has 1 aromatic carbocycles. The molecule has 4 rings (SSSR count). The van der Waals surface area contributed by atoms with E-state index in [0.29, 0.717) is 10.7 Å². The van der Waals surface area contributed by atoms with Crippen molar-refractivity contribution in [3.8, 4) is 5.69 Å². The van der Waals surface area contributed by atoms with Gasteiger partial charge in [-0.1, -0.05) is 30.0 Å². The quantitative estimate of drug-likeness (QED) is 0.781. The summed E-state index contributed by atoms with van der Waals surface area (Å²) in [4.78, 5) is 18.4. The first-order valence-corrected chi connectivity index (χ1v) is 9.58. The molecule has 0 saturated heterocycles. The lowest BCUT2D eigenvalue weighted by atomic mass is 10.1. The third-order valence-electron chi connectivity index (χ3n) is 4.91. The number of carbonyl (C=O) groups is 1. The SMILES string of the molecule is CC1=CSC2=NC(=O)C(=Cc3cc(C)n(-c4ccccc4C)c3C)C(=N)N12. The predicted molar refractivity (Wildman–Crippen MR) is 111 cm³/mol. The zero-order valence-corrected chi connectivity index (χ0v) is 16.5. The fraction of sp³-hybridized carbons (Fsp3) is 0.190. The van der Waals surface area contributed by atoms with Crippen molar-refractivity contribution in [2.75, 3.05) is 0 Å². The number of thioether (sulfide) groups is 1. The molecule has 1 amide bonds. The van der Waals surface area contributed by atoms with Gasteiger partial charge < -0.3 is 4.57 Å². The summed E-state index contributed by atoms with van der Waals surface area (Å²) in [7, 11) is 0. The molecule has 2 aliphatic heterocycles.